The van der Waals surface area contributed by atoms with Gasteiger partial charge in [-0.2, -0.15) is 0 Å². The normalized spacial score (nSPS) is 11.4. The van der Waals surface area contributed by atoms with Gasteiger partial charge in [-0.25, -0.2) is 27.2 Å². The zero-order chi connectivity index (χ0) is 26.9. The molecule has 5 aromatic rings. The summed E-state index contributed by atoms with van der Waals surface area (Å²) in [5.41, 5.74) is 2.73. The fraction of sp³-hybridized carbons (Fsp3) is 0.0385. The number of nitrogens with one attached hydrogen (secondary N) is 2. The standard InChI is InChI=1S/C26H18ClF2N5O3S/c1-37-24-6-4-18(11-21(24)27)33-26-20-9-15(2-5-23(20)31-14-32-26)16-8-19(13-30-12-16)34-38(35,36)25-7-3-17(28)10-22(25)29/h2-14,34H,1H3,(H,31,32,33). The lowest BCUT2D eigenvalue weighted by Gasteiger charge is -2.12. The molecule has 3 aromatic carbocycles. The van der Waals surface area contributed by atoms with Crippen molar-refractivity contribution in [2.75, 3.05) is 17.1 Å². The van der Waals surface area contributed by atoms with Crippen LogP contribution in [-0.4, -0.2) is 30.5 Å². The first kappa shape index (κ1) is 25.3. The van der Waals surface area contributed by atoms with E-state index in [-0.39, 0.29) is 5.69 Å². The van der Waals surface area contributed by atoms with Crippen LogP contribution in [0.25, 0.3) is 22.0 Å². The number of nitrogens with zero attached hydrogens (tertiary/aromatic N) is 3. The zero-order valence-electron chi connectivity index (χ0n) is 19.6. The summed E-state index contributed by atoms with van der Waals surface area (Å²) < 4.78 is 60.2. The predicted octanol–water partition coefficient (Wildman–Crippen LogP) is 6.18. The van der Waals surface area contributed by atoms with Gasteiger partial charge in [0.25, 0.3) is 10.0 Å². The van der Waals surface area contributed by atoms with Crippen molar-refractivity contribution in [3.8, 4) is 16.9 Å². The number of anilines is 3. The molecule has 0 spiro atoms. The lowest BCUT2D eigenvalue weighted by Crippen LogP contribution is -2.15. The topological polar surface area (TPSA) is 106 Å². The second kappa shape index (κ2) is 10.2. The fourth-order valence-corrected chi connectivity index (χ4v) is 5.13. The molecule has 8 nitrogen and oxygen atoms in total. The van der Waals surface area contributed by atoms with Crippen LogP contribution in [0.3, 0.4) is 0 Å². The number of halogens is 3. The summed E-state index contributed by atoms with van der Waals surface area (Å²) in [5.74, 6) is -1.02. The highest BCUT2D eigenvalue weighted by Gasteiger charge is 2.20. The predicted molar refractivity (Wildman–Crippen MR) is 141 cm³/mol. The molecule has 0 amide bonds. The molecule has 2 aromatic heterocycles. The first-order chi connectivity index (χ1) is 18.2. The Balaban J connectivity index is 1.47. The molecule has 38 heavy (non-hydrogen) atoms. The average molecular weight is 554 g/mol. The van der Waals surface area contributed by atoms with Crippen molar-refractivity contribution < 1.29 is 21.9 Å². The first-order valence-electron chi connectivity index (χ1n) is 11.0. The number of rotatable bonds is 7. The van der Waals surface area contributed by atoms with Crippen LogP contribution in [0.2, 0.25) is 5.02 Å². The van der Waals surface area contributed by atoms with E-state index in [0.717, 1.165) is 12.1 Å². The molecule has 2 N–H and O–H groups in total. The summed E-state index contributed by atoms with van der Waals surface area (Å²) in [6.45, 7) is 0. The Morgan fingerprint density at radius 3 is 2.50 bits per heavy atom. The smallest absolute Gasteiger partial charge is 0.264 e. The monoisotopic (exact) mass is 553 g/mol. The minimum Gasteiger partial charge on any atom is -0.495 e. The van der Waals surface area contributed by atoms with Gasteiger partial charge in [-0.1, -0.05) is 17.7 Å². The van der Waals surface area contributed by atoms with Crippen molar-refractivity contribution in [2.45, 2.75) is 4.90 Å². The minimum atomic E-state index is -4.33. The zero-order valence-corrected chi connectivity index (χ0v) is 21.2. The third-order valence-electron chi connectivity index (χ3n) is 5.56. The molecule has 0 aliphatic carbocycles. The van der Waals surface area contributed by atoms with E-state index < -0.39 is 26.6 Å². The van der Waals surface area contributed by atoms with Crippen molar-refractivity contribution in [3.05, 3.63) is 96.0 Å². The Labute approximate surface area is 221 Å². The minimum absolute atomic E-state index is 0.0989. The quantitative estimate of drug-likeness (QED) is 0.248. The third-order valence-corrected chi connectivity index (χ3v) is 7.27. The highest BCUT2D eigenvalue weighted by atomic mass is 35.5. The number of fused-ring (bicyclic) bond motifs is 1. The molecule has 0 saturated heterocycles. The number of sulfonamides is 1. The summed E-state index contributed by atoms with van der Waals surface area (Å²) >= 11 is 6.24. The molecule has 0 atom stereocenters. The highest BCUT2D eigenvalue weighted by molar-refractivity contribution is 7.92. The van der Waals surface area contributed by atoms with Crippen molar-refractivity contribution in [1.82, 2.24) is 15.0 Å². The summed E-state index contributed by atoms with van der Waals surface area (Å²) in [5, 5.41) is 4.35. The molecule has 0 fully saturated rings. The molecular formula is C26H18ClF2N5O3S. The Hall–Kier alpha value is -4.35. The van der Waals surface area contributed by atoms with Gasteiger partial charge in [0.05, 0.1) is 29.5 Å². The van der Waals surface area contributed by atoms with Gasteiger partial charge < -0.3 is 10.1 Å². The van der Waals surface area contributed by atoms with E-state index in [2.05, 4.69) is 25.0 Å². The summed E-state index contributed by atoms with van der Waals surface area (Å²) in [4.78, 5) is 12.1. The third kappa shape index (κ3) is 5.20. The Morgan fingerprint density at radius 1 is 0.895 bits per heavy atom. The molecule has 0 aliphatic heterocycles. The SMILES string of the molecule is COc1ccc(Nc2ncnc3ccc(-c4cncc(NS(=O)(=O)c5ccc(F)cc5F)c4)cc23)cc1Cl. The molecule has 0 unspecified atom stereocenters. The van der Waals surface area contributed by atoms with E-state index in [0.29, 0.717) is 50.4 Å². The van der Waals surface area contributed by atoms with Crippen LogP contribution in [0, 0.1) is 11.6 Å². The number of hydrogen-bond acceptors (Lipinski definition) is 7. The van der Waals surface area contributed by atoms with Crippen molar-refractivity contribution >= 4 is 49.7 Å². The van der Waals surface area contributed by atoms with Crippen LogP contribution in [0.15, 0.2) is 84.3 Å². The van der Waals surface area contributed by atoms with E-state index in [1.165, 1.54) is 19.6 Å². The lowest BCUT2D eigenvalue weighted by molar-refractivity contribution is 0.415. The van der Waals surface area contributed by atoms with Crippen LogP contribution < -0.4 is 14.8 Å². The largest absolute Gasteiger partial charge is 0.495 e. The Morgan fingerprint density at radius 2 is 1.74 bits per heavy atom. The van der Waals surface area contributed by atoms with Gasteiger partial charge in [-0.05, 0) is 54.1 Å². The van der Waals surface area contributed by atoms with E-state index >= 15 is 0 Å². The number of benzene rings is 3. The highest BCUT2D eigenvalue weighted by Crippen LogP contribution is 2.32. The van der Waals surface area contributed by atoms with Crippen molar-refractivity contribution in [2.24, 2.45) is 0 Å². The van der Waals surface area contributed by atoms with E-state index in [1.807, 2.05) is 6.07 Å². The number of ether oxygens (including phenoxy) is 1. The number of pyridine rings is 1. The van der Waals surface area contributed by atoms with Crippen LogP contribution in [0.4, 0.5) is 26.0 Å². The van der Waals surface area contributed by atoms with Gasteiger partial charge in [-0.3, -0.25) is 9.71 Å². The Kier molecular flexibility index (Phi) is 6.79. The maximum Gasteiger partial charge on any atom is 0.264 e. The molecule has 0 radical (unpaired) electrons. The maximum absolute atomic E-state index is 14.1. The summed E-state index contributed by atoms with van der Waals surface area (Å²) in [6, 6.07) is 14.5. The van der Waals surface area contributed by atoms with E-state index in [9.17, 15) is 17.2 Å². The summed E-state index contributed by atoms with van der Waals surface area (Å²) in [6.07, 6.45) is 4.27. The van der Waals surface area contributed by atoms with Crippen LogP contribution >= 0.6 is 11.6 Å². The second-order valence-electron chi connectivity index (χ2n) is 8.07. The van der Waals surface area contributed by atoms with E-state index in [4.69, 9.17) is 16.3 Å². The van der Waals surface area contributed by atoms with Gasteiger partial charge in [0, 0.05) is 28.9 Å². The Bertz CT molecular complexity index is 1790. The molecule has 2 heterocycles. The van der Waals surface area contributed by atoms with Gasteiger partial charge >= 0.3 is 0 Å². The van der Waals surface area contributed by atoms with Crippen LogP contribution in [0.5, 0.6) is 5.75 Å². The second-order valence-corrected chi connectivity index (χ2v) is 10.1. The number of hydrogen-bond donors (Lipinski definition) is 2. The average Bonchev–Trinajstić information content (AvgIpc) is 2.88. The summed E-state index contributed by atoms with van der Waals surface area (Å²) in [7, 11) is -2.79. The van der Waals surface area contributed by atoms with Crippen molar-refractivity contribution in [1.29, 1.82) is 0 Å². The molecule has 12 heteroatoms. The molecule has 5 rings (SSSR count). The lowest BCUT2D eigenvalue weighted by atomic mass is 10.0. The number of aromatic nitrogens is 3. The molecule has 0 aliphatic rings. The number of methoxy groups -OCH3 is 1. The van der Waals surface area contributed by atoms with Gasteiger partial charge in [0.15, 0.2) is 0 Å². The molecule has 192 valence electrons. The maximum atomic E-state index is 14.1. The van der Waals surface area contributed by atoms with Crippen LogP contribution in [-0.2, 0) is 10.0 Å². The first-order valence-corrected chi connectivity index (χ1v) is 12.9. The molecule has 0 bridgehead atoms. The fourth-order valence-electron chi connectivity index (χ4n) is 3.77. The van der Waals surface area contributed by atoms with Gasteiger partial charge in [-0.15, -0.1) is 0 Å². The van der Waals surface area contributed by atoms with Gasteiger partial charge in [0.2, 0.25) is 0 Å². The molecular weight excluding hydrogens is 536 g/mol. The van der Waals surface area contributed by atoms with E-state index in [1.54, 1.807) is 42.6 Å². The molecule has 0 saturated carbocycles. The van der Waals surface area contributed by atoms with Gasteiger partial charge in [0.1, 0.15) is 34.4 Å². The van der Waals surface area contributed by atoms with Crippen LogP contribution in [0.1, 0.15) is 0 Å². The van der Waals surface area contributed by atoms with Crippen molar-refractivity contribution in [3.63, 3.8) is 0 Å².